The Morgan fingerprint density at radius 2 is 1.58 bits per heavy atom. The second-order valence-corrected chi connectivity index (χ2v) is 4.12. The molecule has 0 aromatic rings. The van der Waals surface area contributed by atoms with Crippen molar-refractivity contribution >= 4 is 0 Å². The van der Waals surface area contributed by atoms with E-state index in [0.717, 1.165) is 24.4 Å². The fourth-order valence-corrected chi connectivity index (χ4v) is 1.44. The molecule has 0 N–H and O–H groups in total. The van der Waals surface area contributed by atoms with Gasteiger partial charge < -0.3 is 9.47 Å². The Hall–Kier alpha value is -0.920. The molecule has 0 bridgehead atoms. The highest BCUT2D eigenvalue weighted by atomic mass is 16.7. The smallest absolute Gasteiger partial charge is 0.231 e. The lowest BCUT2D eigenvalue weighted by Crippen LogP contribution is -2.07. The molecule has 0 amide bonds. The molecule has 12 heavy (non-hydrogen) atoms. The zero-order valence-corrected chi connectivity index (χ0v) is 7.59. The largest absolute Gasteiger partial charge is 0.454 e. The van der Waals surface area contributed by atoms with Gasteiger partial charge in [-0.15, -0.1) is 0 Å². The van der Waals surface area contributed by atoms with Crippen LogP contribution in [0.4, 0.5) is 0 Å². The predicted octanol–water partition coefficient (Wildman–Crippen LogP) is 2.58. The van der Waals surface area contributed by atoms with E-state index in [4.69, 9.17) is 9.47 Å². The molecule has 1 heterocycles. The van der Waals surface area contributed by atoms with Crippen molar-refractivity contribution in [1.82, 2.24) is 0 Å². The zero-order valence-electron chi connectivity index (χ0n) is 7.59. The Labute approximate surface area is 72.9 Å². The van der Waals surface area contributed by atoms with Crippen LogP contribution in [-0.2, 0) is 9.47 Å². The molecule has 0 atom stereocenters. The number of hydrogen-bond donors (Lipinski definition) is 0. The summed E-state index contributed by atoms with van der Waals surface area (Å²) in [4.78, 5) is 0. The van der Waals surface area contributed by atoms with E-state index in [-0.39, 0.29) is 0 Å². The lowest BCUT2D eigenvalue weighted by Gasteiger charge is -2.19. The molecule has 2 aliphatic rings. The van der Waals surface area contributed by atoms with Crippen LogP contribution in [0.5, 0.6) is 0 Å². The van der Waals surface area contributed by atoms with Gasteiger partial charge in [-0.1, -0.05) is 13.8 Å². The Morgan fingerprint density at radius 1 is 1.08 bits per heavy atom. The standard InChI is InChI=1S/C10H14O2/c1-10(2)5-3-8-9(4-6-10)12-7-11-8/h3-4H,5-7H2,1-2H3. The minimum atomic E-state index is 0.344. The highest BCUT2D eigenvalue weighted by molar-refractivity contribution is 5.25. The first-order valence-corrected chi connectivity index (χ1v) is 4.34. The van der Waals surface area contributed by atoms with Crippen molar-refractivity contribution in [3.63, 3.8) is 0 Å². The van der Waals surface area contributed by atoms with Gasteiger partial charge in [0.1, 0.15) is 0 Å². The van der Waals surface area contributed by atoms with Gasteiger partial charge in [0.05, 0.1) is 0 Å². The number of hydrogen-bond acceptors (Lipinski definition) is 2. The van der Waals surface area contributed by atoms with E-state index in [9.17, 15) is 0 Å². The summed E-state index contributed by atoms with van der Waals surface area (Å²) in [6.45, 7) is 4.89. The van der Waals surface area contributed by atoms with E-state index >= 15 is 0 Å². The van der Waals surface area contributed by atoms with Gasteiger partial charge in [-0.2, -0.15) is 0 Å². The van der Waals surface area contributed by atoms with E-state index in [1.807, 2.05) is 0 Å². The summed E-state index contributed by atoms with van der Waals surface area (Å²) >= 11 is 0. The molecule has 2 heteroatoms. The molecule has 0 saturated carbocycles. The number of ether oxygens (including phenoxy) is 2. The van der Waals surface area contributed by atoms with Crippen LogP contribution < -0.4 is 0 Å². The SMILES string of the molecule is CC1(C)CC=C2OCOC2=CC1. The zero-order chi connectivity index (χ0) is 8.60. The lowest BCUT2D eigenvalue weighted by atomic mass is 9.86. The van der Waals surface area contributed by atoms with Crippen molar-refractivity contribution < 1.29 is 9.47 Å². The molecule has 1 aliphatic heterocycles. The molecule has 1 fully saturated rings. The maximum absolute atomic E-state index is 5.30. The lowest BCUT2D eigenvalue weighted by molar-refractivity contribution is 0.0960. The summed E-state index contributed by atoms with van der Waals surface area (Å²) in [6.07, 6.45) is 6.38. The molecule has 66 valence electrons. The summed E-state index contributed by atoms with van der Waals surface area (Å²) < 4.78 is 10.6. The molecule has 2 rings (SSSR count). The molecule has 0 radical (unpaired) electrons. The summed E-state index contributed by atoms with van der Waals surface area (Å²) in [5.74, 6) is 1.86. The second-order valence-electron chi connectivity index (χ2n) is 4.12. The van der Waals surface area contributed by atoms with Crippen molar-refractivity contribution in [3.8, 4) is 0 Å². The normalized spacial score (nSPS) is 25.8. The maximum atomic E-state index is 5.30. The molecule has 0 spiro atoms. The van der Waals surface area contributed by atoms with Crippen molar-refractivity contribution in [2.45, 2.75) is 26.7 Å². The highest BCUT2D eigenvalue weighted by Gasteiger charge is 2.24. The average Bonchev–Trinajstić information content (AvgIpc) is 2.40. The monoisotopic (exact) mass is 166 g/mol. The summed E-state index contributed by atoms with van der Waals surface area (Å²) in [6, 6.07) is 0. The van der Waals surface area contributed by atoms with Crippen LogP contribution >= 0.6 is 0 Å². The Morgan fingerprint density at radius 3 is 2.08 bits per heavy atom. The van der Waals surface area contributed by atoms with E-state index in [1.54, 1.807) is 0 Å². The first-order chi connectivity index (χ1) is 5.67. The van der Waals surface area contributed by atoms with Crippen molar-refractivity contribution in [2.75, 3.05) is 6.79 Å². The van der Waals surface area contributed by atoms with Crippen LogP contribution in [0.15, 0.2) is 23.7 Å². The molecule has 0 aromatic heterocycles. The molecule has 2 nitrogen and oxygen atoms in total. The van der Waals surface area contributed by atoms with Gasteiger partial charge in [-0.05, 0) is 30.4 Å². The first-order valence-electron chi connectivity index (χ1n) is 4.34. The van der Waals surface area contributed by atoms with Crippen LogP contribution in [0, 0.1) is 5.41 Å². The summed E-state index contributed by atoms with van der Waals surface area (Å²) in [5, 5.41) is 0. The van der Waals surface area contributed by atoms with Crippen LogP contribution in [0.3, 0.4) is 0 Å². The quantitative estimate of drug-likeness (QED) is 0.550. The molecule has 1 aliphatic carbocycles. The Balaban J connectivity index is 2.25. The maximum Gasteiger partial charge on any atom is 0.231 e. The summed E-state index contributed by atoms with van der Waals surface area (Å²) in [7, 11) is 0. The Kier molecular flexibility index (Phi) is 1.63. The third-order valence-electron chi connectivity index (χ3n) is 2.35. The second kappa shape index (κ2) is 2.54. The van der Waals surface area contributed by atoms with E-state index in [2.05, 4.69) is 26.0 Å². The third-order valence-corrected chi connectivity index (χ3v) is 2.35. The predicted molar refractivity (Wildman–Crippen MR) is 46.2 cm³/mol. The van der Waals surface area contributed by atoms with Crippen LogP contribution in [0.2, 0.25) is 0 Å². The average molecular weight is 166 g/mol. The van der Waals surface area contributed by atoms with Crippen molar-refractivity contribution in [3.05, 3.63) is 23.7 Å². The number of allylic oxidation sites excluding steroid dienone is 2. The van der Waals surface area contributed by atoms with Gasteiger partial charge in [-0.3, -0.25) is 0 Å². The van der Waals surface area contributed by atoms with Crippen molar-refractivity contribution in [2.24, 2.45) is 5.41 Å². The molecule has 0 aromatic carbocycles. The molecule has 0 unspecified atom stereocenters. The molecule has 1 saturated heterocycles. The van der Waals surface area contributed by atoms with Gasteiger partial charge >= 0.3 is 0 Å². The van der Waals surface area contributed by atoms with Crippen LogP contribution in [0.25, 0.3) is 0 Å². The highest BCUT2D eigenvalue weighted by Crippen LogP contribution is 2.34. The Bertz CT molecular complexity index is 225. The molecular formula is C10H14O2. The van der Waals surface area contributed by atoms with E-state index in [0.29, 0.717) is 12.2 Å². The minimum Gasteiger partial charge on any atom is -0.454 e. The molecular weight excluding hydrogens is 152 g/mol. The third kappa shape index (κ3) is 1.33. The van der Waals surface area contributed by atoms with Crippen LogP contribution in [-0.4, -0.2) is 6.79 Å². The fourth-order valence-electron chi connectivity index (χ4n) is 1.44. The van der Waals surface area contributed by atoms with Crippen molar-refractivity contribution in [1.29, 1.82) is 0 Å². The van der Waals surface area contributed by atoms with E-state index < -0.39 is 0 Å². The van der Waals surface area contributed by atoms with Gasteiger partial charge in [0.15, 0.2) is 11.5 Å². The summed E-state index contributed by atoms with van der Waals surface area (Å²) in [5.41, 5.74) is 0.344. The van der Waals surface area contributed by atoms with E-state index in [1.165, 1.54) is 0 Å². The first kappa shape index (κ1) is 7.71. The van der Waals surface area contributed by atoms with Crippen LogP contribution in [0.1, 0.15) is 26.7 Å². The van der Waals surface area contributed by atoms with Gasteiger partial charge in [-0.25, -0.2) is 0 Å². The number of fused-ring (bicyclic) bond motifs is 1. The fraction of sp³-hybridized carbons (Fsp3) is 0.600. The van der Waals surface area contributed by atoms with Gasteiger partial charge in [0, 0.05) is 0 Å². The number of rotatable bonds is 0. The van der Waals surface area contributed by atoms with Gasteiger partial charge in [0.2, 0.25) is 6.79 Å². The minimum absolute atomic E-state index is 0.344. The van der Waals surface area contributed by atoms with Gasteiger partial charge in [0.25, 0.3) is 0 Å². The topological polar surface area (TPSA) is 18.5 Å².